The molecule has 0 fully saturated rings. The zero-order chi connectivity index (χ0) is 14.0. The van der Waals surface area contributed by atoms with Crippen LogP contribution in [0.15, 0.2) is 36.7 Å². The van der Waals surface area contributed by atoms with Crippen molar-refractivity contribution in [2.24, 2.45) is 5.73 Å². The van der Waals surface area contributed by atoms with Crippen LogP contribution in [0.4, 0.5) is 11.5 Å². The molecule has 0 spiro atoms. The Balaban J connectivity index is 2.47. The van der Waals surface area contributed by atoms with Crippen molar-refractivity contribution in [3.05, 3.63) is 47.7 Å². The lowest BCUT2D eigenvalue weighted by molar-refractivity contribution is 0.902. The summed E-state index contributed by atoms with van der Waals surface area (Å²) in [6, 6.07) is 7.91. The van der Waals surface area contributed by atoms with Crippen molar-refractivity contribution in [2.75, 3.05) is 11.9 Å². The third-order valence-corrected chi connectivity index (χ3v) is 2.86. The lowest BCUT2D eigenvalue weighted by atomic mass is 10.2. The maximum Gasteiger partial charge on any atom is 0.198 e. The maximum atomic E-state index is 8.04. The summed E-state index contributed by atoms with van der Waals surface area (Å²) >= 11 is 0. The first-order chi connectivity index (χ1) is 9.00. The topological polar surface area (TPSA) is 94.8 Å². The number of anilines is 2. The monoisotopic (exact) mass is 256 g/mol. The minimum atomic E-state index is -0.203. The summed E-state index contributed by atoms with van der Waals surface area (Å²) in [6.45, 7) is 2.02. The number of benzene rings is 1. The van der Waals surface area contributed by atoms with Crippen LogP contribution in [0, 0.1) is 17.7 Å². The summed E-state index contributed by atoms with van der Waals surface area (Å²) in [5.41, 5.74) is 7.60. The number of hydrogen-bond acceptors (Lipinski definition) is 4. The number of nitrogens with zero attached hydrogens (tertiary/aromatic N) is 3. The molecule has 1 aromatic heterocycles. The van der Waals surface area contributed by atoms with Gasteiger partial charge < -0.3 is 10.6 Å². The van der Waals surface area contributed by atoms with Crippen LogP contribution in [0.5, 0.6) is 0 Å². The van der Waals surface area contributed by atoms with Crippen molar-refractivity contribution >= 4 is 17.5 Å². The van der Waals surface area contributed by atoms with E-state index in [9.17, 15) is 0 Å². The van der Waals surface area contributed by atoms with Crippen LogP contribution in [0.1, 0.15) is 5.56 Å². The van der Waals surface area contributed by atoms with Crippen molar-refractivity contribution < 1.29 is 0 Å². The molecule has 0 aliphatic carbocycles. The fourth-order valence-electron chi connectivity index (χ4n) is 1.75. The molecular weight excluding hydrogens is 240 g/mol. The summed E-state index contributed by atoms with van der Waals surface area (Å²) in [6.07, 6.45) is 3.02. The average Bonchev–Trinajstić information content (AvgIpc) is 2.38. The van der Waals surface area contributed by atoms with Crippen molar-refractivity contribution in [1.82, 2.24) is 9.55 Å². The fourth-order valence-corrected chi connectivity index (χ4v) is 1.75. The highest BCUT2D eigenvalue weighted by Crippen LogP contribution is 2.18. The van der Waals surface area contributed by atoms with Gasteiger partial charge in [-0.15, -0.1) is 0 Å². The molecule has 0 radical (unpaired) electrons. The maximum absolute atomic E-state index is 8.04. The SMILES string of the molecule is Cc1ccc(N(C)c2nccn(C(=N)N)c2=N)cc1. The Morgan fingerprint density at radius 3 is 2.53 bits per heavy atom. The van der Waals surface area contributed by atoms with E-state index in [0.717, 1.165) is 5.69 Å². The van der Waals surface area contributed by atoms with Crippen molar-refractivity contribution in [1.29, 1.82) is 10.8 Å². The molecule has 19 heavy (non-hydrogen) atoms. The molecule has 4 N–H and O–H groups in total. The molecule has 6 heteroatoms. The van der Waals surface area contributed by atoms with Gasteiger partial charge in [0.1, 0.15) is 0 Å². The van der Waals surface area contributed by atoms with Crippen molar-refractivity contribution in [2.45, 2.75) is 6.92 Å². The van der Waals surface area contributed by atoms with Gasteiger partial charge in [-0.05, 0) is 19.1 Å². The summed E-state index contributed by atoms with van der Waals surface area (Å²) < 4.78 is 1.27. The van der Waals surface area contributed by atoms with E-state index in [0.29, 0.717) is 5.82 Å². The molecule has 0 saturated heterocycles. The van der Waals surface area contributed by atoms with E-state index in [4.69, 9.17) is 16.6 Å². The van der Waals surface area contributed by atoms with Gasteiger partial charge in [0.15, 0.2) is 17.3 Å². The number of nitrogen functional groups attached to an aromatic ring is 1. The van der Waals surface area contributed by atoms with Crippen LogP contribution in [-0.4, -0.2) is 22.6 Å². The first-order valence-corrected chi connectivity index (χ1v) is 5.78. The highest BCUT2D eigenvalue weighted by Gasteiger charge is 2.10. The summed E-state index contributed by atoms with van der Waals surface area (Å²) in [4.78, 5) is 5.98. The van der Waals surface area contributed by atoms with Gasteiger partial charge in [-0.1, -0.05) is 17.7 Å². The summed E-state index contributed by atoms with van der Waals surface area (Å²) in [7, 11) is 1.83. The average molecular weight is 256 g/mol. The van der Waals surface area contributed by atoms with E-state index in [2.05, 4.69) is 4.98 Å². The number of hydrogen-bond donors (Lipinski definition) is 3. The molecule has 98 valence electrons. The molecule has 0 atom stereocenters. The van der Waals surface area contributed by atoms with Gasteiger partial charge in [-0.3, -0.25) is 15.4 Å². The van der Waals surface area contributed by atoms with Gasteiger partial charge in [0.2, 0.25) is 0 Å². The number of nitrogens with one attached hydrogen (secondary N) is 2. The molecule has 0 aliphatic heterocycles. The molecule has 2 aromatic rings. The van der Waals surface area contributed by atoms with Crippen LogP contribution < -0.4 is 16.1 Å². The van der Waals surface area contributed by atoms with E-state index >= 15 is 0 Å². The molecule has 0 amide bonds. The second kappa shape index (κ2) is 4.93. The largest absolute Gasteiger partial charge is 0.369 e. The van der Waals surface area contributed by atoms with Crippen molar-refractivity contribution in [3.8, 4) is 0 Å². The highest BCUT2D eigenvalue weighted by molar-refractivity contribution is 5.77. The molecule has 6 nitrogen and oxygen atoms in total. The number of rotatable bonds is 2. The Morgan fingerprint density at radius 1 is 1.32 bits per heavy atom. The van der Waals surface area contributed by atoms with E-state index in [1.165, 1.54) is 22.5 Å². The Hall–Kier alpha value is -2.63. The summed E-state index contributed by atoms with van der Waals surface area (Å²) in [5.74, 6) is 0.243. The smallest absolute Gasteiger partial charge is 0.198 e. The Bertz CT molecular complexity index is 656. The Labute approximate surface area is 111 Å². The minimum Gasteiger partial charge on any atom is -0.369 e. The molecule has 0 unspecified atom stereocenters. The minimum absolute atomic E-state index is 0.0816. The Morgan fingerprint density at radius 2 is 1.95 bits per heavy atom. The lowest BCUT2D eigenvalue weighted by Crippen LogP contribution is -2.35. The van der Waals surface area contributed by atoms with E-state index in [1.54, 1.807) is 4.90 Å². The lowest BCUT2D eigenvalue weighted by Gasteiger charge is -2.19. The quantitative estimate of drug-likeness (QED) is 0.556. The molecular formula is C13H16N6. The van der Waals surface area contributed by atoms with E-state index < -0.39 is 0 Å². The van der Waals surface area contributed by atoms with Crippen LogP contribution in [0.25, 0.3) is 0 Å². The molecule has 1 heterocycles. The van der Waals surface area contributed by atoms with Crippen molar-refractivity contribution in [3.63, 3.8) is 0 Å². The first kappa shape index (κ1) is 12.8. The fraction of sp³-hybridized carbons (Fsp3) is 0.154. The second-order valence-corrected chi connectivity index (χ2v) is 4.25. The molecule has 2 rings (SSSR count). The number of nitrogens with two attached hydrogens (primary N) is 1. The zero-order valence-electron chi connectivity index (χ0n) is 10.9. The van der Waals surface area contributed by atoms with Gasteiger partial charge in [0, 0.05) is 25.1 Å². The van der Waals surface area contributed by atoms with Crippen LogP contribution in [-0.2, 0) is 0 Å². The predicted octanol–water partition coefficient (Wildman–Crippen LogP) is 1.18. The van der Waals surface area contributed by atoms with Gasteiger partial charge in [-0.2, -0.15) is 0 Å². The molecule has 0 aliphatic rings. The van der Waals surface area contributed by atoms with Gasteiger partial charge >= 0.3 is 0 Å². The van der Waals surface area contributed by atoms with Gasteiger partial charge in [-0.25, -0.2) is 4.98 Å². The predicted molar refractivity (Wildman–Crippen MR) is 74.6 cm³/mol. The normalized spacial score (nSPS) is 10.2. The molecule has 0 saturated carbocycles. The number of aryl methyl sites for hydroxylation is 1. The Kier molecular flexibility index (Phi) is 3.33. The third-order valence-electron chi connectivity index (χ3n) is 2.86. The van der Waals surface area contributed by atoms with Gasteiger partial charge in [0.25, 0.3) is 0 Å². The first-order valence-electron chi connectivity index (χ1n) is 5.78. The van der Waals surface area contributed by atoms with Crippen LogP contribution >= 0.6 is 0 Å². The van der Waals surface area contributed by atoms with E-state index in [1.807, 2.05) is 38.2 Å². The standard InChI is InChI=1S/C13H16N6/c1-9-3-5-10(6-4-9)18(2)12-11(14)19(13(15)16)8-7-17-12/h3-8,14H,1-2H3,(H3,15,16). The van der Waals surface area contributed by atoms with Crippen LogP contribution in [0.3, 0.4) is 0 Å². The summed E-state index contributed by atoms with van der Waals surface area (Å²) in [5, 5.41) is 15.5. The molecule has 1 aromatic carbocycles. The highest BCUT2D eigenvalue weighted by atomic mass is 15.2. The number of aromatic nitrogens is 2. The molecule has 0 bridgehead atoms. The van der Waals surface area contributed by atoms with Gasteiger partial charge in [0.05, 0.1) is 0 Å². The van der Waals surface area contributed by atoms with Crippen LogP contribution in [0.2, 0.25) is 0 Å². The second-order valence-electron chi connectivity index (χ2n) is 4.25. The zero-order valence-corrected chi connectivity index (χ0v) is 10.9. The third kappa shape index (κ3) is 2.47. The van der Waals surface area contributed by atoms with E-state index in [-0.39, 0.29) is 11.4 Å².